The van der Waals surface area contributed by atoms with E-state index in [1.165, 1.54) is 7.11 Å². The predicted octanol–water partition coefficient (Wildman–Crippen LogP) is 1.54. The summed E-state index contributed by atoms with van der Waals surface area (Å²) in [5.74, 6) is 1.62. The number of carbonyl (C=O) groups excluding carboxylic acids is 1. The minimum absolute atomic E-state index is 0.156. The Kier molecular flexibility index (Phi) is 2.04. The third-order valence-electron chi connectivity index (χ3n) is 2.16. The van der Waals surface area contributed by atoms with E-state index in [0.717, 1.165) is 11.8 Å². The van der Waals surface area contributed by atoms with E-state index >= 15 is 0 Å². The molecule has 1 aliphatic heterocycles. The lowest BCUT2D eigenvalue weighted by atomic mass is 10.1. The number of fused-ring (bicyclic) bond motifs is 1. The first-order valence-electron chi connectivity index (χ1n) is 4.20. The number of rotatable bonds is 2. The van der Waals surface area contributed by atoms with Crippen molar-refractivity contribution in [2.24, 2.45) is 0 Å². The summed E-state index contributed by atoms with van der Waals surface area (Å²) in [5, 5.41) is 0. The summed E-state index contributed by atoms with van der Waals surface area (Å²) in [7, 11) is 1.53. The van der Waals surface area contributed by atoms with Crippen LogP contribution < -0.4 is 14.2 Å². The fourth-order valence-corrected chi connectivity index (χ4v) is 1.56. The van der Waals surface area contributed by atoms with Gasteiger partial charge < -0.3 is 14.2 Å². The molecule has 1 aliphatic rings. The number of methoxy groups -OCH3 is 1. The van der Waals surface area contributed by atoms with Crippen molar-refractivity contribution in [2.45, 2.75) is 6.92 Å². The minimum Gasteiger partial charge on any atom is -0.496 e. The number of hydrogen-bond donors (Lipinski definition) is 0. The lowest BCUT2D eigenvalue weighted by Crippen LogP contribution is -1.96. The summed E-state index contributed by atoms with van der Waals surface area (Å²) in [6, 6.07) is 1.80. The average Bonchev–Trinajstić information content (AvgIpc) is 2.62. The monoisotopic (exact) mass is 194 g/mol. The van der Waals surface area contributed by atoms with Gasteiger partial charge in [-0.3, -0.25) is 4.79 Å². The van der Waals surface area contributed by atoms with Crippen molar-refractivity contribution in [3.8, 4) is 17.2 Å². The molecule has 4 heteroatoms. The molecule has 74 valence electrons. The van der Waals surface area contributed by atoms with Gasteiger partial charge >= 0.3 is 0 Å². The van der Waals surface area contributed by atoms with Crippen LogP contribution in [0.2, 0.25) is 0 Å². The van der Waals surface area contributed by atoms with Gasteiger partial charge in [-0.2, -0.15) is 0 Å². The molecule has 0 bridgehead atoms. The highest BCUT2D eigenvalue weighted by Gasteiger charge is 2.23. The molecule has 1 heterocycles. The molecule has 0 unspecified atom stereocenters. The number of aldehydes is 1. The third-order valence-corrected chi connectivity index (χ3v) is 2.16. The number of aryl methyl sites for hydroxylation is 1. The Bertz CT molecular complexity index is 380. The van der Waals surface area contributed by atoms with Crippen molar-refractivity contribution in [1.29, 1.82) is 0 Å². The highest BCUT2D eigenvalue weighted by Crippen LogP contribution is 2.41. The Hall–Kier alpha value is -1.71. The van der Waals surface area contributed by atoms with Crippen LogP contribution in [0.15, 0.2) is 6.07 Å². The lowest BCUT2D eigenvalue weighted by Gasteiger charge is -2.09. The van der Waals surface area contributed by atoms with Gasteiger partial charge in [-0.05, 0) is 18.6 Å². The molecule has 0 N–H and O–H groups in total. The van der Waals surface area contributed by atoms with Gasteiger partial charge in [0.05, 0.1) is 7.11 Å². The second-order valence-corrected chi connectivity index (χ2v) is 2.99. The molecule has 0 radical (unpaired) electrons. The number of carbonyl (C=O) groups is 1. The maximum Gasteiger partial charge on any atom is 0.231 e. The lowest BCUT2D eigenvalue weighted by molar-refractivity contribution is 0.111. The molecular formula is C10H10O4. The Morgan fingerprint density at radius 3 is 2.93 bits per heavy atom. The second kappa shape index (κ2) is 3.21. The molecular weight excluding hydrogens is 184 g/mol. The summed E-state index contributed by atoms with van der Waals surface area (Å²) < 4.78 is 15.5. The van der Waals surface area contributed by atoms with Gasteiger partial charge in [-0.15, -0.1) is 0 Å². The van der Waals surface area contributed by atoms with Crippen LogP contribution in [-0.4, -0.2) is 20.2 Å². The highest BCUT2D eigenvalue weighted by atomic mass is 16.7. The van der Waals surface area contributed by atoms with E-state index in [4.69, 9.17) is 14.2 Å². The van der Waals surface area contributed by atoms with Crippen LogP contribution in [0.1, 0.15) is 15.9 Å². The van der Waals surface area contributed by atoms with Crippen molar-refractivity contribution < 1.29 is 19.0 Å². The maximum atomic E-state index is 10.9. The molecule has 0 fully saturated rings. The molecule has 0 aliphatic carbocycles. The number of ether oxygens (including phenoxy) is 3. The summed E-state index contributed by atoms with van der Waals surface area (Å²) in [6.07, 6.45) is 0.722. The van der Waals surface area contributed by atoms with E-state index < -0.39 is 0 Å². The molecule has 0 spiro atoms. The van der Waals surface area contributed by atoms with Crippen molar-refractivity contribution >= 4 is 6.29 Å². The topological polar surface area (TPSA) is 44.8 Å². The normalized spacial score (nSPS) is 12.7. The Morgan fingerprint density at radius 2 is 2.29 bits per heavy atom. The quantitative estimate of drug-likeness (QED) is 0.670. The molecule has 0 saturated heterocycles. The van der Waals surface area contributed by atoms with Crippen LogP contribution in [-0.2, 0) is 0 Å². The Morgan fingerprint density at radius 1 is 1.50 bits per heavy atom. The zero-order valence-corrected chi connectivity index (χ0v) is 7.99. The van der Waals surface area contributed by atoms with Crippen molar-refractivity contribution in [1.82, 2.24) is 0 Å². The van der Waals surface area contributed by atoms with Gasteiger partial charge in [-0.1, -0.05) is 0 Å². The minimum atomic E-state index is 0.156. The molecule has 2 rings (SSSR count). The van der Waals surface area contributed by atoms with E-state index in [1.807, 2.05) is 6.92 Å². The van der Waals surface area contributed by atoms with Crippen LogP contribution in [0, 0.1) is 6.92 Å². The predicted molar refractivity (Wildman–Crippen MR) is 49.2 cm³/mol. The molecule has 0 atom stereocenters. The van der Waals surface area contributed by atoms with E-state index in [0.29, 0.717) is 22.8 Å². The van der Waals surface area contributed by atoms with Gasteiger partial charge in [0.15, 0.2) is 17.8 Å². The smallest absolute Gasteiger partial charge is 0.231 e. The van der Waals surface area contributed by atoms with Crippen LogP contribution in [0.25, 0.3) is 0 Å². The molecule has 1 aromatic rings. The van der Waals surface area contributed by atoms with Gasteiger partial charge in [0.2, 0.25) is 6.79 Å². The van der Waals surface area contributed by atoms with Gasteiger partial charge in [0, 0.05) is 0 Å². The van der Waals surface area contributed by atoms with Crippen LogP contribution in [0.4, 0.5) is 0 Å². The zero-order chi connectivity index (χ0) is 10.1. The molecule has 0 aromatic heterocycles. The van der Waals surface area contributed by atoms with E-state index in [1.54, 1.807) is 6.07 Å². The van der Waals surface area contributed by atoms with Gasteiger partial charge in [0.1, 0.15) is 11.3 Å². The van der Waals surface area contributed by atoms with E-state index in [-0.39, 0.29) is 6.79 Å². The molecule has 0 amide bonds. The standard InChI is InChI=1S/C10H10O4/c1-6-3-8-10(14-5-13-8)7(4-11)9(6)12-2/h3-4H,5H2,1-2H3. The summed E-state index contributed by atoms with van der Waals surface area (Å²) in [5.41, 5.74) is 1.28. The van der Waals surface area contributed by atoms with Gasteiger partial charge in [-0.25, -0.2) is 0 Å². The van der Waals surface area contributed by atoms with Crippen molar-refractivity contribution in [3.63, 3.8) is 0 Å². The summed E-state index contributed by atoms with van der Waals surface area (Å²) in [6.45, 7) is 2.01. The van der Waals surface area contributed by atoms with Crippen molar-refractivity contribution in [2.75, 3.05) is 13.9 Å². The SMILES string of the molecule is COc1c(C)cc2c(c1C=O)OCO2. The molecule has 4 nitrogen and oxygen atoms in total. The van der Waals surface area contributed by atoms with Crippen LogP contribution >= 0.6 is 0 Å². The molecule has 1 aromatic carbocycles. The second-order valence-electron chi connectivity index (χ2n) is 2.99. The first-order valence-corrected chi connectivity index (χ1v) is 4.20. The van der Waals surface area contributed by atoms with Crippen LogP contribution in [0.5, 0.6) is 17.2 Å². The van der Waals surface area contributed by atoms with Gasteiger partial charge in [0.25, 0.3) is 0 Å². The van der Waals surface area contributed by atoms with E-state index in [9.17, 15) is 4.79 Å². The van der Waals surface area contributed by atoms with Crippen molar-refractivity contribution in [3.05, 3.63) is 17.2 Å². The summed E-state index contributed by atoms with van der Waals surface area (Å²) in [4.78, 5) is 10.9. The summed E-state index contributed by atoms with van der Waals surface area (Å²) >= 11 is 0. The average molecular weight is 194 g/mol. The first-order chi connectivity index (χ1) is 6.77. The van der Waals surface area contributed by atoms with Crippen LogP contribution in [0.3, 0.4) is 0 Å². The Labute approximate surface area is 81.4 Å². The zero-order valence-electron chi connectivity index (χ0n) is 7.99. The third kappa shape index (κ3) is 1.11. The number of hydrogen-bond acceptors (Lipinski definition) is 4. The molecule has 0 saturated carbocycles. The fourth-order valence-electron chi connectivity index (χ4n) is 1.56. The Balaban J connectivity index is 2.68. The number of benzene rings is 1. The molecule has 14 heavy (non-hydrogen) atoms. The fraction of sp³-hybridized carbons (Fsp3) is 0.300. The largest absolute Gasteiger partial charge is 0.496 e. The van der Waals surface area contributed by atoms with E-state index in [2.05, 4.69) is 0 Å². The maximum absolute atomic E-state index is 10.9. The highest BCUT2D eigenvalue weighted by molar-refractivity contribution is 5.86. The first kappa shape index (κ1) is 8.87.